The van der Waals surface area contributed by atoms with Crippen LogP contribution in [0, 0.1) is 5.82 Å². The van der Waals surface area contributed by atoms with Crippen LogP contribution in [0.3, 0.4) is 0 Å². The molecule has 3 nitrogen and oxygen atoms in total. The number of imidazole rings is 1. The molecule has 0 atom stereocenters. The smallest absolute Gasteiger partial charge is 0.128 e. The van der Waals surface area contributed by atoms with Crippen LogP contribution >= 0.6 is 12.4 Å². The summed E-state index contributed by atoms with van der Waals surface area (Å²) in [6.07, 6.45) is 3.36. The van der Waals surface area contributed by atoms with E-state index in [1.54, 1.807) is 24.7 Å². The van der Waals surface area contributed by atoms with Crippen molar-refractivity contribution in [3.63, 3.8) is 0 Å². The van der Waals surface area contributed by atoms with Crippen molar-refractivity contribution in [2.24, 2.45) is 5.73 Å². The molecule has 0 fully saturated rings. The lowest BCUT2D eigenvalue weighted by atomic mass is 10.2. The number of halogens is 2. The second-order valence-corrected chi connectivity index (χ2v) is 3.31. The molecule has 2 aromatic rings. The summed E-state index contributed by atoms with van der Waals surface area (Å²) in [5, 5.41) is 0. The second kappa shape index (κ2) is 5.63. The Morgan fingerprint density at radius 3 is 2.75 bits per heavy atom. The van der Waals surface area contributed by atoms with Gasteiger partial charge < -0.3 is 10.3 Å². The first kappa shape index (κ1) is 12.7. The van der Waals surface area contributed by atoms with Crippen molar-refractivity contribution in [2.45, 2.75) is 13.1 Å². The Labute approximate surface area is 99.5 Å². The molecule has 5 heteroatoms. The summed E-state index contributed by atoms with van der Waals surface area (Å²) >= 11 is 0. The van der Waals surface area contributed by atoms with Gasteiger partial charge in [-0.15, -0.1) is 12.4 Å². The van der Waals surface area contributed by atoms with Gasteiger partial charge in [-0.25, -0.2) is 9.37 Å². The van der Waals surface area contributed by atoms with Crippen molar-refractivity contribution in [3.05, 3.63) is 53.9 Å². The summed E-state index contributed by atoms with van der Waals surface area (Å²) in [7, 11) is 0. The van der Waals surface area contributed by atoms with Crippen molar-refractivity contribution >= 4 is 12.4 Å². The molecule has 0 aliphatic heterocycles. The van der Waals surface area contributed by atoms with Gasteiger partial charge in [-0.3, -0.25) is 0 Å². The minimum atomic E-state index is -0.200. The fourth-order valence-corrected chi connectivity index (χ4v) is 1.47. The zero-order valence-electron chi connectivity index (χ0n) is 8.64. The number of nitrogens with zero attached hydrogens (tertiary/aromatic N) is 2. The number of aromatic nitrogens is 2. The molecule has 2 N–H and O–H groups in total. The maximum absolute atomic E-state index is 13.4. The van der Waals surface area contributed by atoms with E-state index in [0.717, 1.165) is 5.69 Å². The average molecular weight is 242 g/mol. The van der Waals surface area contributed by atoms with Crippen molar-refractivity contribution < 1.29 is 4.39 Å². The van der Waals surface area contributed by atoms with E-state index in [-0.39, 0.29) is 18.2 Å². The minimum Gasteiger partial charge on any atom is -0.329 e. The third kappa shape index (κ3) is 2.59. The van der Waals surface area contributed by atoms with Gasteiger partial charge in [0.1, 0.15) is 5.82 Å². The van der Waals surface area contributed by atoms with E-state index in [9.17, 15) is 4.39 Å². The van der Waals surface area contributed by atoms with Crippen LogP contribution in [0.2, 0.25) is 0 Å². The SMILES string of the molecule is Cl.NCc1cncn1Cc1ccccc1F. The van der Waals surface area contributed by atoms with Gasteiger partial charge in [0.05, 0.1) is 18.6 Å². The monoisotopic (exact) mass is 241 g/mol. The summed E-state index contributed by atoms with van der Waals surface area (Å²) in [6, 6.07) is 6.71. The van der Waals surface area contributed by atoms with E-state index in [0.29, 0.717) is 18.7 Å². The van der Waals surface area contributed by atoms with E-state index >= 15 is 0 Å². The molecular weight excluding hydrogens is 229 g/mol. The van der Waals surface area contributed by atoms with E-state index in [1.807, 2.05) is 10.6 Å². The number of rotatable bonds is 3. The molecule has 86 valence electrons. The highest BCUT2D eigenvalue weighted by Crippen LogP contribution is 2.09. The fourth-order valence-electron chi connectivity index (χ4n) is 1.47. The molecule has 0 unspecified atom stereocenters. The highest BCUT2D eigenvalue weighted by molar-refractivity contribution is 5.85. The zero-order chi connectivity index (χ0) is 10.7. The predicted octanol–water partition coefficient (Wildman–Crippen LogP) is 1.95. The molecule has 0 aliphatic carbocycles. The number of benzene rings is 1. The molecule has 1 aromatic heterocycles. The Balaban J connectivity index is 0.00000128. The van der Waals surface area contributed by atoms with Gasteiger partial charge in [-0.2, -0.15) is 0 Å². The molecule has 0 bridgehead atoms. The number of hydrogen-bond donors (Lipinski definition) is 1. The van der Waals surface area contributed by atoms with Gasteiger partial charge in [0, 0.05) is 18.3 Å². The standard InChI is InChI=1S/C11H12FN3.ClH/c12-11-4-2-1-3-9(11)7-15-8-14-6-10(15)5-13;/h1-4,6,8H,5,7,13H2;1H. The van der Waals surface area contributed by atoms with E-state index in [4.69, 9.17) is 5.73 Å². The lowest BCUT2D eigenvalue weighted by Gasteiger charge is -2.07. The lowest BCUT2D eigenvalue weighted by molar-refractivity contribution is 0.595. The highest BCUT2D eigenvalue weighted by atomic mass is 35.5. The number of hydrogen-bond acceptors (Lipinski definition) is 2. The van der Waals surface area contributed by atoms with Crippen LogP contribution in [0.4, 0.5) is 4.39 Å². The molecule has 1 aromatic carbocycles. The van der Waals surface area contributed by atoms with Gasteiger partial charge in [-0.05, 0) is 6.07 Å². The second-order valence-electron chi connectivity index (χ2n) is 3.31. The van der Waals surface area contributed by atoms with Gasteiger partial charge in [0.15, 0.2) is 0 Å². The lowest BCUT2D eigenvalue weighted by Crippen LogP contribution is -2.08. The number of nitrogens with two attached hydrogens (primary N) is 1. The normalized spacial score (nSPS) is 9.88. The van der Waals surface area contributed by atoms with Gasteiger partial charge >= 0.3 is 0 Å². The first-order valence-electron chi connectivity index (χ1n) is 4.73. The van der Waals surface area contributed by atoms with Crippen LogP contribution in [0.5, 0.6) is 0 Å². The first-order chi connectivity index (χ1) is 7.31. The fraction of sp³-hybridized carbons (Fsp3) is 0.182. The van der Waals surface area contributed by atoms with Crippen molar-refractivity contribution in [1.82, 2.24) is 9.55 Å². The summed E-state index contributed by atoms with van der Waals surface area (Å²) < 4.78 is 15.2. The van der Waals surface area contributed by atoms with Crippen LogP contribution in [0.1, 0.15) is 11.3 Å². The Morgan fingerprint density at radius 1 is 1.31 bits per heavy atom. The van der Waals surface area contributed by atoms with Crippen molar-refractivity contribution in [1.29, 1.82) is 0 Å². The van der Waals surface area contributed by atoms with Crippen LogP contribution in [0.25, 0.3) is 0 Å². The Kier molecular flexibility index (Phi) is 4.46. The van der Waals surface area contributed by atoms with Crippen molar-refractivity contribution in [2.75, 3.05) is 0 Å². The molecule has 0 aliphatic rings. The third-order valence-electron chi connectivity index (χ3n) is 2.31. The largest absolute Gasteiger partial charge is 0.329 e. The maximum atomic E-state index is 13.4. The van der Waals surface area contributed by atoms with Gasteiger partial charge in [0.2, 0.25) is 0 Å². The highest BCUT2D eigenvalue weighted by Gasteiger charge is 2.04. The van der Waals surface area contributed by atoms with Crippen LogP contribution < -0.4 is 5.73 Å². The molecule has 2 rings (SSSR count). The Bertz CT molecular complexity index is 456. The molecule has 0 amide bonds. The molecule has 0 saturated carbocycles. The van der Waals surface area contributed by atoms with Crippen molar-refractivity contribution in [3.8, 4) is 0 Å². The zero-order valence-corrected chi connectivity index (χ0v) is 9.45. The quantitative estimate of drug-likeness (QED) is 0.893. The molecule has 16 heavy (non-hydrogen) atoms. The van der Waals surface area contributed by atoms with Crippen LogP contribution in [-0.2, 0) is 13.1 Å². The molecular formula is C11H13ClFN3. The van der Waals surface area contributed by atoms with E-state index in [1.165, 1.54) is 6.07 Å². The summed E-state index contributed by atoms with van der Waals surface area (Å²) in [4.78, 5) is 3.98. The summed E-state index contributed by atoms with van der Waals surface area (Å²) in [6.45, 7) is 0.883. The van der Waals surface area contributed by atoms with Crippen LogP contribution in [0.15, 0.2) is 36.8 Å². The first-order valence-corrected chi connectivity index (χ1v) is 4.73. The van der Waals surface area contributed by atoms with E-state index < -0.39 is 0 Å². The van der Waals surface area contributed by atoms with E-state index in [2.05, 4.69) is 4.98 Å². The third-order valence-corrected chi connectivity index (χ3v) is 2.31. The Morgan fingerprint density at radius 2 is 2.06 bits per heavy atom. The topological polar surface area (TPSA) is 43.8 Å². The maximum Gasteiger partial charge on any atom is 0.128 e. The minimum absolute atomic E-state index is 0. The predicted molar refractivity (Wildman–Crippen MR) is 62.9 cm³/mol. The summed E-state index contributed by atoms with van der Waals surface area (Å²) in [5.74, 6) is -0.200. The van der Waals surface area contributed by atoms with Gasteiger partial charge in [0.25, 0.3) is 0 Å². The molecule has 1 heterocycles. The molecule has 0 radical (unpaired) electrons. The molecule has 0 saturated heterocycles. The molecule has 0 spiro atoms. The Hall–Kier alpha value is -1.39. The summed E-state index contributed by atoms with van der Waals surface area (Å²) in [5.41, 5.74) is 7.08. The van der Waals surface area contributed by atoms with Crippen LogP contribution in [-0.4, -0.2) is 9.55 Å². The average Bonchev–Trinajstić information content (AvgIpc) is 2.69. The van der Waals surface area contributed by atoms with Gasteiger partial charge in [-0.1, -0.05) is 18.2 Å².